The van der Waals surface area contributed by atoms with Gasteiger partial charge in [-0.1, -0.05) is 37.3 Å². The Morgan fingerprint density at radius 2 is 1.64 bits per heavy atom. The average molecular weight is 339 g/mol. The van der Waals surface area contributed by atoms with Gasteiger partial charge in [-0.05, 0) is 25.8 Å². The fraction of sp³-hybridized carbons (Fsp3) is 0.526. The van der Waals surface area contributed by atoms with Crippen molar-refractivity contribution in [1.29, 1.82) is 10.5 Å². The van der Waals surface area contributed by atoms with Crippen LogP contribution in [0.4, 0.5) is 0 Å². The molecule has 1 heterocycles. The molecule has 1 aliphatic carbocycles. The molecule has 3 rings (SSSR count). The molecule has 0 saturated heterocycles. The van der Waals surface area contributed by atoms with E-state index in [2.05, 4.69) is 17.1 Å². The van der Waals surface area contributed by atoms with E-state index in [1.807, 2.05) is 51.1 Å². The number of hydrogen-bond donors (Lipinski definition) is 2. The maximum atomic E-state index is 10.3. The van der Waals surface area contributed by atoms with Crippen LogP contribution >= 0.6 is 0 Å². The van der Waals surface area contributed by atoms with Crippen molar-refractivity contribution in [2.75, 3.05) is 13.2 Å². The quantitative estimate of drug-likeness (QED) is 0.736. The second kappa shape index (κ2) is 5.56. The minimum Gasteiger partial charge on any atom is -0.314 e. The summed E-state index contributed by atoms with van der Waals surface area (Å²) >= 11 is 0. The molecule has 0 unspecified atom stereocenters. The third-order valence-corrected chi connectivity index (χ3v) is 5.80. The van der Waals surface area contributed by atoms with E-state index < -0.39 is 22.2 Å². The van der Waals surface area contributed by atoms with Crippen LogP contribution in [-0.4, -0.2) is 25.0 Å². The van der Waals surface area contributed by atoms with Gasteiger partial charge in [0.25, 0.3) is 5.84 Å². The van der Waals surface area contributed by atoms with Crippen molar-refractivity contribution in [1.82, 2.24) is 0 Å². The van der Waals surface area contributed by atoms with Gasteiger partial charge in [0, 0.05) is 0 Å². The van der Waals surface area contributed by atoms with Crippen molar-refractivity contribution >= 4 is 5.84 Å². The van der Waals surface area contributed by atoms with Gasteiger partial charge >= 0.3 is 5.91 Å². The fourth-order valence-corrected chi connectivity index (χ4v) is 5.07. The summed E-state index contributed by atoms with van der Waals surface area (Å²) in [6.45, 7) is 6.27. The van der Waals surface area contributed by atoms with Crippen LogP contribution in [0.2, 0.25) is 0 Å². The van der Waals surface area contributed by atoms with E-state index in [1.165, 1.54) is 0 Å². The van der Waals surface area contributed by atoms with Gasteiger partial charge in [-0.25, -0.2) is 4.99 Å². The van der Waals surface area contributed by atoms with Gasteiger partial charge in [-0.2, -0.15) is 10.5 Å². The van der Waals surface area contributed by atoms with E-state index in [1.54, 1.807) is 0 Å². The zero-order valence-electron chi connectivity index (χ0n) is 14.8. The summed E-state index contributed by atoms with van der Waals surface area (Å²) in [5.41, 5.74) is 3.94. The molecule has 1 saturated carbocycles. The number of nitrogens with zero attached hydrogens (tertiary/aromatic N) is 2. The number of fused-ring (bicyclic) bond motifs is 1. The summed E-state index contributed by atoms with van der Waals surface area (Å²) in [5.74, 6) is -1.21. The molecule has 1 aliphatic heterocycles. The number of rotatable bonds is 6. The maximum Gasteiger partial charge on any atom is 0.343 e. The Kier molecular flexibility index (Phi) is 3.87. The van der Waals surface area contributed by atoms with Crippen LogP contribution in [0.5, 0.6) is 0 Å². The highest BCUT2D eigenvalue weighted by molar-refractivity contribution is 5.97. The standard InChI is InChI=1S/C19H22N4O2/c1-4-16(14-10-8-7-9-11-14)17(12-20)15(22)23-19(24-5-2,25-6-3)18(16,17)13-21/h7-11H,4-6H2,1-3H3,(H2,22,23)/p+1/t16-,17-,18+/m0/s1. The predicted molar refractivity (Wildman–Crippen MR) is 90.6 cm³/mol. The van der Waals surface area contributed by atoms with E-state index >= 15 is 0 Å². The van der Waals surface area contributed by atoms with Crippen molar-refractivity contribution in [3.63, 3.8) is 0 Å². The molecule has 130 valence electrons. The van der Waals surface area contributed by atoms with E-state index in [0.29, 0.717) is 19.6 Å². The Bertz CT molecular complexity index is 788. The Morgan fingerprint density at radius 3 is 2.08 bits per heavy atom. The molecular weight excluding hydrogens is 316 g/mol. The number of nitrogens with one attached hydrogen (secondary N) is 1. The summed E-state index contributed by atoms with van der Waals surface area (Å²) in [7, 11) is 0. The second-order valence-electron chi connectivity index (χ2n) is 6.37. The van der Waals surface area contributed by atoms with Crippen molar-refractivity contribution < 1.29 is 14.5 Å². The molecule has 0 amide bonds. The summed E-state index contributed by atoms with van der Waals surface area (Å²) in [4.78, 5) is 3.02. The van der Waals surface area contributed by atoms with E-state index in [9.17, 15) is 10.5 Å². The van der Waals surface area contributed by atoms with Gasteiger partial charge in [0.15, 0.2) is 10.8 Å². The van der Waals surface area contributed by atoms with Crippen LogP contribution in [0.25, 0.3) is 0 Å². The van der Waals surface area contributed by atoms with Crippen LogP contribution in [0.3, 0.4) is 0 Å². The third kappa shape index (κ3) is 1.53. The van der Waals surface area contributed by atoms with Gasteiger partial charge in [-0.15, -0.1) is 0 Å². The Hall–Kier alpha value is -2.41. The minimum absolute atomic E-state index is 0.240. The molecule has 3 N–H and O–H groups in total. The molecule has 2 aliphatic rings. The van der Waals surface area contributed by atoms with Crippen LogP contribution in [0.15, 0.2) is 30.3 Å². The lowest BCUT2D eigenvalue weighted by atomic mass is 9.80. The number of hydrogen-bond acceptors (Lipinski definition) is 5. The largest absolute Gasteiger partial charge is 0.343 e. The van der Waals surface area contributed by atoms with Gasteiger partial charge in [0.1, 0.15) is 0 Å². The zero-order valence-corrected chi connectivity index (χ0v) is 14.8. The molecule has 6 nitrogen and oxygen atoms in total. The molecular formula is C19H23N4O2+. The fourth-order valence-electron chi connectivity index (χ4n) is 5.07. The van der Waals surface area contributed by atoms with Crippen molar-refractivity contribution in [3.05, 3.63) is 35.9 Å². The predicted octanol–water partition coefficient (Wildman–Crippen LogP) is 0.546. The molecule has 0 radical (unpaired) electrons. The highest BCUT2D eigenvalue weighted by Crippen LogP contribution is 2.83. The highest BCUT2D eigenvalue weighted by Gasteiger charge is 3.03. The topological polar surface area (TPSA) is 106 Å². The van der Waals surface area contributed by atoms with Crippen molar-refractivity contribution in [2.24, 2.45) is 16.6 Å². The van der Waals surface area contributed by atoms with Crippen LogP contribution < -0.4 is 10.7 Å². The Balaban J connectivity index is 2.36. The Labute approximate surface area is 147 Å². The number of nitrogens with two attached hydrogens (primary N) is 1. The van der Waals surface area contributed by atoms with Crippen molar-refractivity contribution in [3.8, 4) is 12.1 Å². The Morgan fingerprint density at radius 1 is 1.04 bits per heavy atom. The summed E-state index contributed by atoms with van der Waals surface area (Å²) in [5, 5.41) is 20.5. The van der Waals surface area contributed by atoms with Gasteiger partial charge in [0.2, 0.25) is 0 Å². The zero-order chi connectivity index (χ0) is 18.3. The average Bonchev–Trinajstić information content (AvgIpc) is 3.14. The second-order valence-corrected chi connectivity index (χ2v) is 6.37. The molecule has 0 spiro atoms. The summed E-state index contributed by atoms with van der Waals surface area (Å²) in [6.07, 6.45) is 0.558. The monoisotopic (exact) mass is 339 g/mol. The SMILES string of the molecule is CCOC1(OCC)[NH+]=C(N)[C@@]2(C#N)[C@](CC)(c3ccccc3)[C@@]12C#N. The van der Waals surface area contributed by atoms with Gasteiger partial charge < -0.3 is 9.47 Å². The first kappa shape index (κ1) is 17.4. The number of nitriles is 2. The summed E-state index contributed by atoms with van der Waals surface area (Å²) in [6, 6.07) is 14.4. The smallest absolute Gasteiger partial charge is 0.314 e. The number of amidine groups is 1. The van der Waals surface area contributed by atoms with Crippen LogP contribution in [-0.2, 0) is 14.9 Å². The lowest BCUT2D eigenvalue weighted by Gasteiger charge is -2.33. The number of ether oxygens (including phenoxy) is 2. The number of benzene rings is 1. The van der Waals surface area contributed by atoms with Crippen LogP contribution in [0.1, 0.15) is 32.8 Å². The molecule has 1 aromatic rings. The lowest BCUT2D eigenvalue weighted by Crippen LogP contribution is -2.91. The normalized spacial score (nSPS) is 34.5. The first-order chi connectivity index (χ1) is 12.0. The molecule has 0 aromatic heterocycles. The molecule has 1 aromatic carbocycles. The third-order valence-electron chi connectivity index (χ3n) is 5.80. The van der Waals surface area contributed by atoms with E-state index in [4.69, 9.17) is 15.2 Å². The molecule has 25 heavy (non-hydrogen) atoms. The molecule has 3 atom stereocenters. The van der Waals surface area contributed by atoms with E-state index in [-0.39, 0.29) is 5.84 Å². The lowest BCUT2D eigenvalue weighted by molar-refractivity contribution is -0.694. The first-order valence-corrected chi connectivity index (χ1v) is 8.61. The molecule has 0 bridgehead atoms. The van der Waals surface area contributed by atoms with Gasteiger partial charge in [0.05, 0.1) is 30.8 Å². The molecule has 1 fully saturated rings. The van der Waals surface area contributed by atoms with E-state index in [0.717, 1.165) is 5.56 Å². The first-order valence-electron chi connectivity index (χ1n) is 8.61. The maximum absolute atomic E-state index is 10.3. The minimum atomic E-state index is -1.45. The van der Waals surface area contributed by atoms with Crippen LogP contribution in [0, 0.1) is 33.5 Å². The van der Waals surface area contributed by atoms with Crippen molar-refractivity contribution in [2.45, 2.75) is 38.5 Å². The highest BCUT2D eigenvalue weighted by atomic mass is 16.7. The summed E-state index contributed by atoms with van der Waals surface area (Å²) < 4.78 is 11.9. The van der Waals surface area contributed by atoms with Gasteiger partial charge in [-0.3, -0.25) is 5.73 Å². The molecule has 6 heteroatoms.